The largest absolute Gasteiger partial charge is 1.00 e. The van der Waals surface area contributed by atoms with E-state index < -0.39 is 11.9 Å². The van der Waals surface area contributed by atoms with Crippen molar-refractivity contribution < 1.29 is 37.8 Å². The Labute approximate surface area is 86.7 Å². The molecule has 0 aromatic heterocycles. The molecule has 1 saturated heterocycles. The summed E-state index contributed by atoms with van der Waals surface area (Å²) in [7, 11) is 1.19. The van der Waals surface area contributed by atoms with Gasteiger partial charge in [-0.1, -0.05) is 0 Å². The van der Waals surface area contributed by atoms with Crippen molar-refractivity contribution in [2.45, 2.75) is 6.04 Å². The molecule has 1 unspecified atom stereocenters. The lowest BCUT2D eigenvalue weighted by Gasteiger charge is -2.14. The zero-order valence-corrected chi connectivity index (χ0v) is 8.40. The van der Waals surface area contributed by atoms with Crippen molar-refractivity contribution in [1.29, 1.82) is 0 Å². The first kappa shape index (κ1) is 13.1. The van der Waals surface area contributed by atoms with Crippen molar-refractivity contribution in [3.63, 3.8) is 0 Å². The van der Waals surface area contributed by atoms with Crippen LogP contribution in [0.25, 0.3) is 0 Å². The molecule has 7 nitrogen and oxygen atoms in total. The molecular weight excluding hydrogens is 214 g/mol. The Morgan fingerprint density at radius 3 is 2.79 bits per heavy atom. The fraction of sp³-hybridized carbons (Fsp3) is 0.667. The topological polar surface area (TPSA) is 97.7 Å². The van der Waals surface area contributed by atoms with E-state index in [-0.39, 0.29) is 31.5 Å². The first-order chi connectivity index (χ1) is 6.02. The zero-order chi connectivity index (χ0) is 10.0. The van der Waals surface area contributed by atoms with E-state index in [0.717, 1.165) is 5.06 Å². The Kier molecular flexibility index (Phi) is 4.78. The molecule has 0 aliphatic carbocycles. The zero-order valence-electron chi connectivity index (χ0n) is 7.64. The molecule has 4 N–H and O–H groups in total. The molecule has 2 amide bonds. The Balaban J connectivity index is 0.00000169. The summed E-state index contributed by atoms with van der Waals surface area (Å²) in [6, 6.07) is -0.461. The maximum atomic E-state index is 11.1. The van der Waals surface area contributed by atoms with Crippen LogP contribution in [0.1, 0.15) is 0 Å². The van der Waals surface area contributed by atoms with E-state index in [2.05, 4.69) is 5.73 Å². The highest BCUT2D eigenvalue weighted by atomic mass is 35.5. The van der Waals surface area contributed by atoms with Gasteiger partial charge in [0, 0.05) is 7.05 Å². The molecule has 1 atom stereocenters. The molecule has 1 aliphatic heterocycles. The summed E-state index contributed by atoms with van der Waals surface area (Å²) in [6.45, 7) is -0.0981. The molecule has 14 heavy (non-hydrogen) atoms. The number of halogens is 1. The first-order valence-electron chi connectivity index (χ1n) is 3.75. The Hall–Kier alpha value is -0.890. The maximum Gasteiger partial charge on any atom is 0.307 e. The number of hydrogen-bond donors (Lipinski definition) is 2. The van der Waals surface area contributed by atoms with Gasteiger partial charge in [-0.05, 0) is 0 Å². The van der Waals surface area contributed by atoms with Gasteiger partial charge in [-0.25, -0.2) is 10.1 Å². The standard InChI is InChI=1S/C6H11N3O4.ClH/c1-8(12)5(10)2-9-6(11)4(7)3-13-9;/h4,12H,2-3,7H2,1H3;1H. The lowest BCUT2D eigenvalue weighted by atomic mass is 10.3. The quantitative estimate of drug-likeness (QED) is 0.361. The molecule has 82 valence electrons. The number of hydroxylamine groups is 4. The van der Waals surface area contributed by atoms with Crippen LogP contribution in [0.15, 0.2) is 0 Å². The third kappa shape index (κ3) is 2.81. The molecule has 1 aliphatic rings. The van der Waals surface area contributed by atoms with E-state index in [0.29, 0.717) is 5.06 Å². The average molecular weight is 226 g/mol. The monoisotopic (exact) mass is 225 g/mol. The molecule has 0 radical (unpaired) electrons. The molecule has 1 fully saturated rings. The van der Waals surface area contributed by atoms with Crippen LogP contribution in [0.4, 0.5) is 0 Å². The first-order valence-corrected chi connectivity index (χ1v) is 3.75. The van der Waals surface area contributed by atoms with Gasteiger partial charge < -0.3 is 18.1 Å². The lowest BCUT2D eigenvalue weighted by molar-refractivity contribution is -0.402. The maximum absolute atomic E-state index is 11.1. The van der Waals surface area contributed by atoms with Crippen molar-refractivity contribution >= 4 is 11.8 Å². The lowest BCUT2D eigenvalue weighted by Crippen LogP contribution is -3.00. The van der Waals surface area contributed by atoms with Crippen molar-refractivity contribution in [1.82, 2.24) is 10.1 Å². The van der Waals surface area contributed by atoms with Crippen LogP contribution >= 0.6 is 0 Å². The molecule has 1 heterocycles. The van der Waals surface area contributed by atoms with Gasteiger partial charge in [-0.3, -0.25) is 19.6 Å². The molecule has 8 heteroatoms. The van der Waals surface area contributed by atoms with Gasteiger partial charge in [0.2, 0.25) is 0 Å². The second kappa shape index (κ2) is 5.11. The Morgan fingerprint density at radius 2 is 2.43 bits per heavy atom. The number of quaternary nitrogens is 1. The summed E-state index contributed by atoms with van der Waals surface area (Å²) >= 11 is 0. The van der Waals surface area contributed by atoms with Gasteiger partial charge in [-0.2, -0.15) is 0 Å². The third-order valence-corrected chi connectivity index (χ3v) is 1.67. The van der Waals surface area contributed by atoms with Gasteiger partial charge in [0.05, 0.1) is 0 Å². The Morgan fingerprint density at radius 1 is 1.86 bits per heavy atom. The van der Waals surface area contributed by atoms with Crippen LogP contribution in [-0.4, -0.2) is 53.4 Å². The smallest absolute Gasteiger partial charge is 0.307 e. The fourth-order valence-corrected chi connectivity index (χ4v) is 0.867. The van der Waals surface area contributed by atoms with E-state index in [1.807, 2.05) is 0 Å². The van der Waals surface area contributed by atoms with Crippen LogP contribution in [-0.2, 0) is 14.4 Å². The minimum atomic E-state index is -0.609. The number of rotatable bonds is 2. The van der Waals surface area contributed by atoms with Gasteiger partial charge in [-0.15, -0.1) is 0 Å². The van der Waals surface area contributed by atoms with Crippen LogP contribution in [0.3, 0.4) is 0 Å². The van der Waals surface area contributed by atoms with E-state index in [1.54, 1.807) is 0 Å². The second-order valence-corrected chi connectivity index (χ2v) is 2.78. The highest BCUT2D eigenvalue weighted by Gasteiger charge is 2.34. The number of hydrogen-bond acceptors (Lipinski definition) is 4. The number of nitrogens with zero attached hydrogens (tertiary/aromatic N) is 2. The summed E-state index contributed by atoms with van der Waals surface area (Å²) in [6.07, 6.45) is 0. The number of carbonyl (C=O) groups is 2. The predicted molar refractivity (Wildman–Crippen MR) is 38.9 cm³/mol. The fourth-order valence-electron chi connectivity index (χ4n) is 0.867. The van der Waals surface area contributed by atoms with Crippen LogP contribution in [0, 0.1) is 0 Å². The highest BCUT2D eigenvalue weighted by molar-refractivity contribution is 5.86. The minimum Gasteiger partial charge on any atom is -1.00 e. The van der Waals surface area contributed by atoms with E-state index in [4.69, 9.17) is 10.0 Å². The van der Waals surface area contributed by atoms with Crippen LogP contribution in [0.2, 0.25) is 0 Å². The predicted octanol–water partition coefficient (Wildman–Crippen LogP) is -5.78. The summed E-state index contributed by atoms with van der Waals surface area (Å²) in [5.74, 6) is -0.947. The summed E-state index contributed by atoms with van der Waals surface area (Å²) < 4.78 is 0. The molecule has 0 aromatic rings. The van der Waals surface area contributed by atoms with Gasteiger partial charge in [0.25, 0.3) is 5.91 Å². The normalized spacial score (nSPS) is 20.6. The average Bonchev–Trinajstić information content (AvgIpc) is 2.36. The summed E-state index contributed by atoms with van der Waals surface area (Å²) in [5.41, 5.74) is 3.52. The minimum absolute atomic E-state index is 0. The van der Waals surface area contributed by atoms with E-state index in [1.165, 1.54) is 7.05 Å². The van der Waals surface area contributed by atoms with Crippen LogP contribution < -0.4 is 18.1 Å². The third-order valence-electron chi connectivity index (χ3n) is 1.67. The van der Waals surface area contributed by atoms with E-state index >= 15 is 0 Å². The van der Waals surface area contributed by atoms with Crippen molar-refractivity contribution in [3.05, 3.63) is 0 Å². The summed E-state index contributed by atoms with van der Waals surface area (Å²) in [4.78, 5) is 26.9. The molecular formula is C6H12ClN3O4. The van der Waals surface area contributed by atoms with Crippen LogP contribution in [0.5, 0.6) is 0 Å². The van der Waals surface area contributed by atoms with Crippen molar-refractivity contribution in [3.8, 4) is 0 Å². The SMILES string of the molecule is CN(O)C(=O)CN1OCC([NH3+])C1=O.[Cl-]. The van der Waals surface area contributed by atoms with E-state index in [9.17, 15) is 9.59 Å². The van der Waals surface area contributed by atoms with Crippen molar-refractivity contribution in [2.75, 3.05) is 20.2 Å². The van der Waals surface area contributed by atoms with Gasteiger partial charge in [0.1, 0.15) is 13.2 Å². The Bertz CT molecular complexity index is 235. The molecule has 0 spiro atoms. The van der Waals surface area contributed by atoms with Crippen molar-refractivity contribution in [2.24, 2.45) is 0 Å². The molecule has 0 saturated carbocycles. The second-order valence-electron chi connectivity index (χ2n) is 2.78. The summed E-state index contributed by atoms with van der Waals surface area (Å²) in [5, 5.41) is 10.0. The van der Waals surface area contributed by atoms with Gasteiger partial charge in [0.15, 0.2) is 6.04 Å². The van der Waals surface area contributed by atoms with Gasteiger partial charge >= 0.3 is 5.91 Å². The number of carbonyl (C=O) groups excluding carboxylic acids is 2. The number of likely N-dealkylation sites (N-methyl/N-ethyl adjacent to an activating group) is 1. The molecule has 0 bridgehead atoms. The molecule has 0 aromatic carbocycles. The molecule has 1 rings (SSSR count). The number of amides is 2. The highest BCUT2D eigenvalue weighted by Crippen LogP contribution is 2.04.